The lowest BCUT2D eigenvalue weighted by atomic mass is 9.74. The molecule has 0 saturated carbocycles. The van der Waals surface area contributed by atoms with Gasteiger partial charge < -0.3 is 10.6 Å². The largest absolute Gasteiger partial charge is 0.383 e. The van der Waals surface area contributed by atoms with Crippen LogP contribution in [0.1, 0.15) is 33.3 Å². The summed E-state index contributed by atoms with van der Waals surface area (Å²) in [6, 6.07) is 6.53. The van der Waals surface area contributed by atoms with E-state index in [0.717, 1.165) is 6.54 Å². The third-order valence-corrected chi connectivity index (χ3v) is 4.03. The number of benzene rings is 1. The zero-order valence-electron chi connectivity index (χ0n) is 10.9. The SMILES string of the molecule is Cc1ccc2c(c1)NCC(C)(C)C(C)(C)N2. The van der Waals surface area contributed by atoms with E-state index in [4.69, 9.17) is 0 Å². The molecule has 2 heteroatoms. The molecule has 0 bridgehead atoms. The highest BCUT2D eigenvalue weighted by Crippen LogP contribution is 2.39. The van der Waals surface area contributed by atoms with E-state index < -0.39 is 0 Å². The van der Waals surface area contributed by atoms with Crippen LogP contribution in [0.15, 0.2) is 18.2 Å². The Morgan fingerprint density at radius 2 is 1.75 bits per heavy atom. The van der Waals surface area contributed by atoms with Crippen molar-refractivity contribution in [1.82, 2.24) is 0 Å². The van der Waals surface area contributed by atoms with Crippen LogP contribution in [0.4, 0.5) is 11.4 Å². The predicted molar refractivity (Wildman–Crippen MR) is 71.2 cm³/mol. The molecule has 2 nitrogen and oxygen atoms in total. The second-order valence-electron chi connectivity index (χ2n) is 6.04. The highest BCUT2D eigenvalue weighted by Gasteiger charge is 2.38. The zero-order valence-corrected chi connectivity index (χ0v) is 10.9. The van der Waals surface area contributed by atoms with Gasteiger partial charge in [0.1, 0.15) is 0 Å². The van der Waals surface area contributed by atoms with Crippen LogP contribution in [0.2, 0.25) is 0 Å². The van der Waals surface area contributed by atoms with Gasteiger partial charge in [0, 0.05) is 17.5 Å². The number of nitrogens with one attached hydrogen (secondary N) is 2. The minimum absolute atomic E-state index is 0.0838. The number of rotatable bonds is 0. The fraction of sp³-hybridized carbons (Fsp3) is 0.571. The summed E-state index contributed by atoms with van der Waals surface area (Å²) in [7, 11) is 0. The first-order valence-corrected chi connectivity index (χ1v) is 5.95. The van der Waals surface area contributed by atoms with Crippen LogP contribution in [0.5, 0.6) is 0 Å². The molecule has 0 aromatic heterocycles. The van der Waals surface area contributed by atoms with Crippen molar-refractivity contribution in [2.24, 2.45) is 5.41 Å². The molecule has 0 fully saturated rings. The molecular formula is C14H22N2. The molecular weight excluding hydrogens is 196 g/mol. The van der Waals surface area contributed by atoms with Crippen LogP contribution in [0.25, 0.3) is 0 Å². The highest BCUT2D eigenvalue weighted by atomic mass is 15.1. The van der Waals surface area contributed by atoms with Gasteiger partial charge in [-0.2, -0.15) is 0 Å². The fourth-order valence-electron chi connectivity index (χ4n) is 1.96. The second kappa shape index (κ2) is 3.41. The minimum Gasteiger partial charge on any atom is -0.383 e. The molecule has 0 amide bonds. The van der Waals surface area contributed by atoms with E-state index in [1.165, 1.54) is 16.9 Å². The standard InChI is InChI=1S/C14H22N2/c1-10-6-7-11-12(8-10)15-9-13(2,3)14(4,5)16-11/h6-8,15-16H,9H2,1-5H3. The zero-order chi connectivity index (χ0) is 12.0. The number of anilines is 2. The van der Waals surface area contributed by atoms with E-state index in [2.05, 4.69) is 63.5 Å². The van der Waals surface area contributed by atoms with Crippen molar-refractivity contribution >= 4 is 11.4 Å². The molecule has 2 N–H and O–H groups in total. The number of hydrogen-bond acceptors (Lipinski definition) is 2. The van der Waals surface area contributed by atoms with Gasteiger partial charge in [0.25, 0.3) is 0 Å². The van der Waals surface area contributed by atoms with Gasteiger partial charge in [-0.15, -0.1) is 0 Å². The van der Waals surface area contributed by atoms with Crippen molar-refractivity contribution < 1.29 is 0 Å². The average Bonchev–Trinajstić information content (AvgIpc) is 2.25. The predicted octanol–water partition coefficient (Wildman–Crippen LogP) is 3.64. The van der Waals surface area contributed by atoms with Crippen LogP contribution in [-0.2, 0) is 0 Å². The van der Waals surface area contributed by atoms with Gasteiger partial charge in [0.15, 0.2) is 0 Å². The fourth-order valence-corrected chi connectivity index (χ4v) is 1.96. The van der Waals surface area contributed by atoms with E-state index in [1.54, 1.807) is 0 Å². The topological polar surface area (TPSA) is 24.1 Å². The van der Waals surface area contributed by atoms with E-state index in [9.17, 15) is 0 Å². The molecule has 2 rings (SSSR count). The van der Waals surface area contributed by atoms with Crippen molar-refractivity contribution in [3.05, 3.63) is 23.8 Å². The van der Waals surface area contributed by atoms with E-state index in [1.807, 2.05) is 0 Å². The summed E-state index contributed by atoms with van der Waals surface area (Å²) in [5, 5.41) is 7.20. The maximum absolute atomic E-state index is 3.65. The van der Waals surface area contributed by atoms with Gasteiger partial charge in [0.05, 0.1) is 11.4 Å². The lowest BCUT2D eigenvalue weighted by Crippen LogP contribution is -2.47. The Morgan fingerprint density at radius 1 is 1.06 bits per heavy atom. The molecule has 0 atom stereocenters. The minimum atomic E-state index is 0.0838. The summed E-state index contributed by atoms with van der Waals surface area (Å²) in [5.41, 5.74) is 4.02. The molecule has 0 saturated heterocycles. The molecule has 1 aromatic rings. The van der Waals surface area contributed by atoms with Crippen molar-refractivity contribution in [2.45, 2.75) is 40.2 Å². The van der Waals surface area contributed by atoms with Crippen LogP contribution in [-0.4, -0.2) is 12.1 Å². The monoisotopic (exact) mass is 218 g/mol. The summed E-state index contributed by atoms with van der Waals surface area (Å²) in [6.45, 7) is 12.2. The molecule has 1 aliphatic rings. The summed E-state index contributed by atoms with van der Waals surface area (Å²) in [5.74, 6) is 0. The van der Waals surface area contributed by atoms with Crippen LogP contribution in [0.3, 0.4) is 0 Å². The quantitative estimate of drug-likeness (QED) is 0.694. The molecule has 16 heavy (non-hydrogen) atoms. The smallest absolute Gasteiger partial charge is 0.0580 e. The Balaban J connectivity index is 2.43. The van der Waals surface area contributed by atoms with Crippen molar-refractivity contribution in [1.29, 1.82) is 0 Å². The molecule has 1 aliphatic heterocycles. The molecule has 0 spiro atoms. The van der Waals surface area contributed by atoms with E-state index in [0.29, 0.717) is 0 Å². The average molecular weight is 218 g/mol. The van der Waals surface area contributed by atoms with E-state index in [-0.39, 0.29) is 11.0 Å². The summed E-state index contributed by atoms with van der Waals surface area (Å²) in [6.07, 6.45) is 0. The Hall–Kier alpha value is -1.18. The van der Waals surface area contributed by atoms with Gasteiger partial charge in [-0.3, -0.25) is 0 Å². The Labute approximate surface area is 98.4 Å². The van der Waals surface area contributed by atoms with Gasteiger partial charge in [-0.1, -0.05) is 19.9 Å². The van der Waals surface area contributed by atoms with Gasteiger partial charge in [0.2, 0.25) is 0 Å². The third kappa shape index (κ3) is 1.77. The molecule has 88 valence electrons. The van der Waals surface area contributed by atoms with Crippen molar-refractivity contribution in [3.63, 3.8) is 0 Å². The first-order valence-electron chi connectivity index (χ1n) is 5.95. The first-order chi connectivity index (χ1) is 7.32. The number of fused-ring (bicyclic) bond motifs is 1. The summed E-state index contributed by atoms with van der Waals surface area (Å²) < 4.78 is 0. The van der Waals surface area contributed by atoms with Crippen molar-refractivity contribution in [2.75, 3.05) is 17.2 Å². The maximum Gasteiger partial charge on any atom is 0.0580 e. The Morgan fingerprint density at radius 3 is 2.44 bits per heavy atom. The van der Waals surface area contributed by atoms with Crippen molar-refractivity contribution in [3.8, 4) is 0 Å². The molecule has 1 aromatic carbocycles. The van der Waals surface area contributed by atoms with E-state index >= 15 is 0 Å². The summed E-state index contributed by atoms with van der Waals surface area (Å²) >= 11 is 0. The third-order valence-electron chi connectivity index (χ3n) is 4.03. The lowest BCUT2D eigenvalue weighted by Gasteiger charge is -2.41. The lowest BCUT2D eigenvalue weighted by molar-refractivity contribution is 0.245. The summed E-state index contributed by atoms with van der Waals surface area (Å²) in [4.78, 5) is 0. The highest BCUT2D eigenvalue weighted by molar-refractivity contribution is 5.71. The molecule has 0 aliphatic carbocycles. The normalized spacial score (nSPS) is 21.3. The van der Waals surface area contributed by atoms with Crippen LogP contribution < -0.4 is 10.6 Å². The van der Waals surface area contributed by atoms with Gasteiger partial charge >= 0.3 is 0 Å². The van der Waals surface area contributed by atoms with Gasteiger partial charge in [-0.05, 0) is 38.5 Å². The molecule has 1 heterocycles. The molecule has 0 radical (unpaired) electrons. The molecule has 0 unspecified atom stereocenters. The van der Waals surface area contributed by atoms with Crippen LogP contribution >= 0.6 is 0 Å². The van der Waals surface area contributed by atoms with Gasteiger partial charge in [-0.25, -0.2) is 0 Å². The van der Waals surface area contributed by atoms with Crippen LogP contribution in [0, 0.1) is 12.3 Å². The second-order valence-corrected chi connectivity index (χ2v) is 6.04. The Kier molecular flexibility index (Phi) is 2.41. The first kappa shape index (κ1) is 11.3. The number of hydrogen-bond donors (Lipinski definition) is 2. The Bertz CT molecular complexity index is 405. The maximum atomic E-state index is 3.65. The number of aryl methyl sites for hydroxylation is 1.